The molecule has 0 saturated heterocycles. The second-order valence-corrected chi connectivity index (χ2v) is 7.91. The zero-order valence-electron chi connectivity index (χ0n) is 15.1. The third-order valence-electron chi connectivity index (χ3n) is 6.20. The molecule has 0 radical (unpaired) electrons. The van der Waals surface area contributed by atoms with Gasteiger partial charge >= 0.3 is 0 Å². The van der Waals surface area contributed by atoms with E-state index in [-0.39, 0.29) is 0 Å². The molecule has 2 aliphatic carbocycles. The monoisotopic (exact) mass is 313 g/mol. The zero-order valence-corrected chi connectivity index (χ0v) is 15.1. The van der Waals surface area contributed by atoms with Crippen LogP contribution in [0.4, 0.5) is 0 Å². The molecule has 0 aromatic heterocycles. The molecule has 2 rings (SSSR count). The fourth-order valence-corrected chi connectivity index (χ4v) is 4.68. The maximum atomic E-state index is 8.47. The summed E-state index contributed by atoms with van der Waals surface area (Å²) in [5.41, 5.74) is 0. The van der Waals surface area contributed by atoms with E-state index in [1.807, 2.05) is 12.1 Å². The van der Waals surface area contributed by atoms with Crippen LogP contribution in [0, 0.1) is 35.0 Å². The summed E-state index contributed by atoms with van der Waals surface area (Å²) in [6, 6.07) is 2.04. The standard InChI is InChI=1S/C22H35N/c1-2-6-19-8-12-21(13-9-19)16-17-22-14-10-20(11-15-22)7-4-3-5-18-23/h3-5,7,19-22H,2,6,8-17H2,1H3. The molecule has 1 heteroatoms. The Labute approximate surface area is 143 Å². The second kappa shape index (κ2) is 10.7. The minimum Gasteiger partial charge on any atom is -0.193 e. The average Bonchev–Trinajstić information content (AvgIpc) is 2.59. The summed E-state index contributed by atoms with van der Waals surface area (Å²) >= 11 is 0. The number of hydrogen-bond donors (Lipinski definition) is 0. The van der Waals surface area contributed by atoms with E-state index < -0.39 is 0 Å². The van der Waals surface area contributed by atoms with Gasteiger partial charge in [-0.25, -0.2) is 0 Å². The smallest absolute Gasteiger partial charge is 0.0912 e. The van der Waals surface area contributed by atoms with Gasteiger partial charge in [0.2, 0.25) is 0 Å². The number of nitriles is 1. The summed E-state index contributed by atoms with van der Waals surface area (Å²) in [5.74, 6) is 3.83. The van der Waals surface area contributed by atoms with Gasteiger partial charge in [0.1, 0.15) is 0 Å². The van der Waals surface area contributed by atoms with Crippen LogP contribution in [0.3, 0.4) is 0 Å². The fraction of sp³-hybridized carbons (Fsp3) is 0.773. The van der Waals surface area contributed by atoms with Gasteiger partial charge in [0, 0.05) is 6.08 Å². The zero-order chi connectivity index (χ0) is 16.3. The van der Waals surface area contributed by atoms with Gasteiger partial charge in [-0.2, -0.15) is 5.26 Å². The largest absolute Gasteiger partial charge is 0.193 e. The van der Waals surface area contributed by atoms with Crippen LogP contribution >= 0.6 is 0 Å². The fourth-order valence-electron chi connectivity index (χ4n) is 4.68. The molecule has 2 aliphatic rings. The van der Waals surface area contributed by atoms with Crippen molar-refractivity contribution >= 4 is 0 Å². The topological polar surface area (TPSA) is 23.8 Å². The van der Waals surface area contributed by atoms with Gasteiger partial charge in [0.15, 0.2) is 0 Å². The van der Waals surface area contributed by atoms with E-state index >= 15 is 0 Å². The molecule has 0 amide bonds. The lowest BCUT2D eigenvalue weighted by atomic mass is 9.75. The van der Waals surface area contributed by atoms with Gasteiger partial charge in [0.25, 0.3) is 0 Å². The van der Waals surface area contributed by atoms with Crippen LogP contribution in [0.1, 0.15) is 84.0 Å². The van der Waals surface area contributed by atoms with Gasteiger partial charge in [-0.15, -0.1) is 0 Å². The molecule has 0 aromatic carbocycles. The van der Waals surface area contributed by atoms with Crippen LogP contribution in [0.2, 0.25) is 0 Å². The highest BCUT2D eigenvalue weighted by Gasteiger charge is 2.23. The third-order valence-corrected chi connectivity index (χ3v) is 6.20. The summed E-state index contributed by atoms with van der Waals surface area (Å²) in [5, 5.41) is 8.47. The second-order valence-electron chi connectivity index (χ2n) is 7.91. The molecule has 0 aliphatic heterocycles. The number of allylic oxidation sites excluding steroid dienone is 4. The molecule has 0 N–H and O–H groups in total. The van der Waals surface area contributed by atoms with Crippen LogP contribution < -0.4 is 0 Å². The lowest BCUT2D eigenvalue weighted by molar-refractivity contribution is 0.221. The van der Waals surface area contributed by atoms with Gasteiger partial charge < -0.3 is 0 Å². The molecular weight excluding hydrogens is 278 g/mol. The molecule has 23 heavy (non-hydrogen) atoms. The normalized spacial score (nSPS) is 32.3. The Balaban J connectivity index is 1.57. The Kier molecular flexibility index (Phi) is 8.51. The molecule has 0 heterocycles. The first-order valence-electron chi connectivity index (χ1n) is 10.0. The number of hydrogen-bond acceptors (Lipinski definition) is 1. The van der Waals surface area contributed by atoms with Crippen LogP contribution in [-0.4, -0.2) is 0 Å². The van der Waals surface area contributed by atoms with Crippen molar-refractivity contribution < 1.29 is 0 Å². The highest BCUT2D eigenvalue weighted by atomic mass is 14.3. The Morgan fingerprint density at radius 3 is 1.83 bits per heavy atom. The minimum absolute atomic E-state index is 0.749. The van der Waals surface area contributed by atoms with Gasteiger partial charge in [-0.1, -0.05) is 76.5 Å². The van der Waals surface area contributed by atoms with E-state index in [1.165, 1.54) is 77.0 Å². The molecule has 2 saturated carbocycles. The van der Waals surface area contributed by atoms with E-state index in [9.17, 15) is 0 Å². The summed E-state index contributed by atoms with van der Waals surface area (Å²) < 4.78 is 0. The Hall–Kier alpha value is -1.03. The summed E-state index contributed by atoms with van der Waals surface area (Å²) in [4.78, 5) is 0. The van der Waals surface area contributed by atoms with Crippen molar-refractivity contribution in [2.75, 3.05) is 0 Å². The average molecular weight is 314 g/mol. The SMILES string of the molecule is CCCC1CCC(CCC2CCC(C=CC=CC#N)CC2)CC1. The quantitative estimate of drug-likeness (QED) is 0.374. The van der Waals surface area contributed by atoms with E-state index in [1.54, 1.807) is 6.08 Å². The number of nitrogens with zero attached hydrogens (tertiary/aromatic N) is 1. The highest BCUT2D eigenvalue weighted by Crippen LogP contribution is 2.37. The lowest BCUT2D eigenvalue weighted by Crippen LogP contribution is -2.17. The summed E-state index contributed by atoms with van der Waals surface area (Å²) in [7, 11) is 0. The van der Waals surface area contributed by atoms with E-state index in [0.29, 0.717) is 0 Å². The van der Waals surface area contributed by atoms with E-state index in [4.69, 9.17) is 5.26 Å². The number of rotatable bonds is 7. The molecule has 1 nitrogen and oxygen atoms in total. The van der Waals surface area contributed by atoms with Crippen molar-refractivity contribution in [3.05, 3.63) is 24.3 Å². The van der Waals surface area contributed by atoms with Crippen molar-refractivity contribution in [1.29, 1.82) is 5.26 Å². The predicted molar refractivity (Wildman–Crippen MR) is 98.9 cm³/mol. The van der Waals surface area contributed by atoms with Crippen molar-refractivity contribution in [2.45, 2.75) is 84.0 Å². The maximum absolute atomic E-state index is 8.47. The molecule has 128 valence electrons. The van der Waals surface area contributed by atoms with Gasteiger partial charge in [-0.3, -0.25) is 0 Å². The maximum Gasteiger partial charge on any atom is 0.0912 e. The van der Waals surface area contributed by atoms with Crippen molar-refractivity contribution in [3.63, 3.8) is 0 Å². The highest BCUT2D eigenvalue weighted by molar-refractivity contribution is 5.12. The Morgan fingerprint density at radius 2 is 1.30 bits per heavy atom. The predicted octanol–water partition coefficient (Wildman–Crippen LogP) is 6.82. The first-order chi connectivity index (χ1) is 11.3. The molecule has 0 aromatic rings. The van der Waals surface area contributed by atoms with Gasteiger partial charge in [-0.05, 0) is 49.4 Å². The Morgan fingerprint density at radius 1 is 0.783 bits per heavy atom. The lowest BCUT2D eigenvalue weighted by Gasteiger charge is -2.31. The summed E-state index contributed by atoms with van der Waals surface area (Å²) in [6.45, 7) is 2.33. The van der Waals surface area contributed by atoms with Gasteiger partial charge in [0.05, 0.1) is 6.07 Å². The van der Waals surface area contributed by atoms with E-state index in [2.05, 4.69) is 19.1 Å². The Bertz CT molecular complexity index is 398. The van der Waals surface area contributed by atoms with E-state index in [0.717, 1.165) is 23.7 Å². The van der Waals surface area contributed by atoms with Crippen molar-refractivity contribution in [2.24, 2.45) is 23.7 Å². The molecule has 0 bridgehead atoms. The molecular formula is C22H35N. The molecule has 2 fully saturated rings. The third kappa shape index (κ3) is 6.94. The molecule has 0 spiro atoms. The molecule has 0 atom stereocenters. The van der Waals surface area contributed by atoms with Crippen LogP contribution in [0.5, 0.6) is 0 Å². The minimum atomic E-state index is 0.749. The van der Waals surface area contributed by atoms with Crippen LogP contribution in [0.15, 0.2) is 24.3 Å². The first kappa shape index (κ1) is 18.3. The van der Waals surface area contributed by atoms with Crippen LogP contribution in [0.25, 0.3) is 0 Å². The summed E-state index contributed by atoms with van der Waals surface area (Å²) in [6.07, 6.45) is 25.2. The van der Waals surface area contributed by atoms with Crippen LogP contribution in [-0.2, 0) is 0 Å². The first-order valence-corrected chi connectivity index (χ1v) is 10.0. The molecule has 0 unspecified atom stereocenters. The van der Waals surface area contributed by atoms with Crippen molar-refractivity contribution in [3.8, 4) is 6.07 Å². The van der Waals surface area contributed by atoms with Crippen molar-refractivity contribution in [1.82, 2.24) is 0 Å².